The van der Waals surface area contributed by atoms with Crippen molar-refractivity contribution in [3.63, 3.8) is 0 Å². The van der Waals surface area contributed by atoms with Gasteiger partial charge in [-0.2, -0.15) is 0 Å². The number of hydrogen-bond donors (Lipinski definition) is 0. The van der Waals surface area contributed by atoms with Crippen LogP contribution in [0.15, 0.2) is 15.1 Å². The van der Waals surface area contributed by atoms with Crippen LogP contribution in [0.25, 0.3) is 0 Å². The number of rotatable bonds is 4. The average molecular weight is 242 g/mol. The van der Waals surface area contributed by atoms with Crippen LogP contribution in [-0.2, 0) is 9.47 Å². The van der Waals surface area contributed by atoms with Crippen molar-refractivity contribution in [2.24, 2.45) is 4.99 Å². The predicted octanol–water partition coefficient (Wildman–Crippen LogP) is 2.40. The number of ether oxygens (including phenoxy) is 2. The fraction of sp³-hybridized carbons (Fsp3) is 0.571. The normalized spacial score (nSPS) is 20.2. The number of alkyl halides is 1. The summed E-state index contributed by atoms with van der Waals surface area (Å²) in [7, 11) is 0. The molecule has 0 aliphatic carbocycles. The summed E-state index contributed by atoms with van der Waals surface area (Å²) in [4.78, 5) is 4.29. The van der Waals surface area contributed by atoms with Gasteiger partial charge >= 0.3 is 0 Å². The van der Waals surface area contributed by atoms with E-state index < -0.39 is 6.29 Å². The van der Waals surface area contributed by atoms with Gasteiger partial charge in [0.1, 0.15) is 5.16 Å². The lowest BCUT2D eigenvalue weighted by Gasteiger charge is -2.12. The summed E-state index contributed by atoms with van der Waals surface area (Å²) in [6.07, 6.45) is -0.429. The highest BCUT2D eigenvalue weighted by Gasteiger charge is 2.23. The van der Waals surface area contributed by atoms with E-state index in [4.69, 9.17) is 32.7 Å². The zero-order chi connectivity index (χ0) is 9.68. The van der Waals surface area contributed by atoms with Gasteiger partial charge < -0.3 is 9.47 Å². The van der Waals surface area contributed by atoms with E-state index in [1.807, 2.05) is 0 Å². The standard InChI is InChI=1S/C7H9Cl2NO2S/c1-10-6(9)5(13-4-8)7-11-2-3-12-7/h7H,1-4H2/b6-5-. The molecule has 1 aliphatic heterocycles. The Hall–Kier alpha value is 0.260. The Kier molecular flexibility index (Phi) is 5.13. The number of nitrogens with zero attached hydrogens (tertiary/aromatic N) is 1. The predicted molar refractivity (Wildman–Crippen MR) is 56.4 cm³/mol. The maximum Gasteiger partial charge on any atom is 0.192 e. The molecule has 0 bridgehead atoms. The molecule has 0 N–H and O–H groups in total. The van der Waals surface area contributed by atoms with Crippen molar-refractivity contribution in [3.8, 4) is 0 Å². The van der Waals surface area contributed by atoms with Gasteiger partial charge in [-0.15, -0.1) is 23.4 Å². The molecule has 0 unspecified atom stereocenters. The fourth-order valence-electron chi connectivity index (χ4n) is 0.871. The van der Waals surface area contributed by atoms with E-state index in [1.165, 1.54) is 11.8 Å². The summed E-state index contributed by atoms with van der Waals surface area (Å²) >= 11 is 12.7. The molecule has 0 aromatic rings. The largest absolute Gasteiger partial charge is 0.345 e. The Morgan fingerprint density at radius 3 is 2.62 bits per heavy atom. The molecule has 0 radical (unpaired) electrons. The zero-order valence-corrected chi connectivity index (χ0v) is 9.16. The quantitative estimate of drug-likeness (QED) is 0.431. The first kappa shape index (κ1) is 11.3. The first-order valence-corrected chi connectivity index (χ1v) is 5.47. The van der Waals surface area contributed by atoms with Crippen LogP contribution in [0.3, 0.4) is 0 Å². The number of hydrogen-bond acceptors (Lipinski definition) is 4. The van der Waals surface area contributed by atoms with Crippen molar-refractivity contribution in [2.75, 3.05) is 18.4 Å². The molecule has 0 saturated carbocycles. The highest BCUT2D eigenvalue weighted by molar-refractivity contribution is 8.04. The Morgan fingerprint density at radius 1 is 1.54 bits per heavy atom. The SMILES string of the molecule is C=N/C(Cl)=C(\SCCl)C1OCCO1. The first-order chi connectivity index (χ1) is 6.29. The van der Waals surface area contributed by atoms with Gasteiger partial charge in [-0.3, -0.25) is 4.99 Å². The lowest BCUT2D eigenvalue weighted by molar-refractivity contribution is -0.00488. The smallest absolute Gasteiger partial charge is 0.192 e. The van der Waals surface area contributed by atoms with E-state index in [9.17, 15) is 0 Å². The van der Waals surface area contributed by atoms with Crippen LogP contribution in [0.1, 0.15) is 0 Å². The second-order valence-corrected chi connectivity index (χ2v) is 4.10. The second kappa shape index (κ2) is 5.88. The molecule has 1 rings (SSSR count). The molecular formula is C7H9Cl2NO2S. The van der Waals surface area contributed by atoms with Crippen LogP contribution >= 0.6 is 35.0 Å². The fourth-order valence-corrected chi connectivity index (χ4v) is 2.05. The van der Waals surface area contributed by atoms with Crippen LogP contribution < -0.4 is 0 Å². The Morgan fingerprint density at radius 2 is 2.15 bits per heavy atom. The molecule has 6 heteroatoms. The molecule has 0 atom stereocenters. The summed E-state index contributed by atoms with van der Waals surface area (Å²) in [6, 6.07) is 0. The molecule has 0 aromatic heterocycles. The lowest BCUT2D eigenvalue weighted by Crippen LogP contribution is -2.10. The molecule has 0 aromatic carbocycles. The van der Waals surface area contributed by atoms with E-state index in [0.717, 1.165) is 0 Å². The molecule has 1 saturated heterocycles. The second-order valence-electron chi connectivity index (χ2n) is 2.14. The van der Waals surface area contributed by atoms with Gasteiger partial charge in [-0.25, -0.2) is 0 Å². The van der Waals surface area contributed by atoms with Gasteiger partial charge in [0.05, 0.1) is 23.3 Å². The summed E-state index contributed by atoms with van der Waals surface area (Å²) < 4.78 is 10.5. The molecule has 1 heterocycles. The Bertz CT molecular complexity index is 217. The number of thioether (sulfide) groups is 1. The average Bonchev–Trinajstić information content (AvgIpc) is 2.65. The third-order valence-electron chi connectivity index (χ3n) is 1.39. The Labute approximate surface area is 91.1 Å². The first-order valence-electron chi connectivity index (χ1n) is 3.58. The highest BCUT2D eigenvalue weighted by atomic mass is 35.5. The minimum absolute atomic E-state index is 0.289. The monoisotopic (exact) mass is 241 g/mol. The molecule has 1 fully saturated rings. The van der Waals surface area contributed by atoms with Gasteiger partial charge in [0.15, 0.2) is 6.29 Å². The van der Waals surface area contributed by atoms with Crippen molar-refractivity contribution < 1.29 is 9.47 Å². The van der Waals surface area contributed by atoms with Gasteiger partial charge in [0.25, 0.3) is 0 Å². The minimum Gasteiger partial charge on any atom is -0.345 e. The van der Waals surface area contributed by atoms with Crippen molar-refractivity contribution in [2.45, 2.75) is 6.29 Å². The van der Waals surface area contributed by atoms with Crippen LogP contribution in [0, 0.1) is 0 Å². The van der Waals surface area contributed by atoms with Crippen LogP contribution in [-0.4, -0.2) is 31.4 Å². The van der Waals surface area contributed by atoms with Gasteiger partial charge in [0.2, 0.25) is 0 Å². The molecule has 0 amide bonds. The number of halogens is 2. The summed E-state index contributed by atoms with van der Waals surface area (Å²) in [6.45, 7) is 4.46. The molecule has 1 aliphatic rings. The summed E-state index contributed by atoms with van der Waals surface area (Å²) in [5.74, 6) is 0. The third kappa shape index (κ3) is 3.14. The number of aliphatic imine (C=N–C) groups is 1. The minimum atomic E-state index is -0.429. The van der Waals surface area contributed by atoms with Crippen LogP contribution in [0.5, 0.6) is 0 Å². The van der Waals surface area contributed by atoms with E-state index in [1.54, 1.807) is 0 Å². The summed E-state index contributed by atoms with van der Waals surface area (Å²) in [5.41, 5.74) is 0. The molecule has 0 spiro atoms. The molecular weight excluding hydrogens is 233 g/mol. The maximum atomic E-state index is 5.80. The van der Waals surface area contributed by atoms with E-state index in [-0.39, 0.29) is 5.16 Å². The van der Waals surface area contributed by atoms with Crippen molar-refractivity contribution in [1.29, 1.82) is 0 Å². The summed E-state index contributed by atoms with van der Waals surface area (Å²) in [5, 5.41) is 0.669. The molecule has 13 heavy (non-hydrogen) atoms. The van der Waals surface area contributed by atoms with E-state index in [2.05, 4.69) is 11.7 Å². The van der Waals surface area contributed by atoms with Crippen molar-refractivity contribution in [3.05, 3.63) is 10.1 Å². The third-order valence-corrected chi connectivity index (χ3v) is 2.96. The van der Waals surface area contributed by atoms with E-state index >= 15 is 0 Å². The van der Waals surface area contributed by atoms with Gasteiger partial charge in [-0.1, -0.05) is 11.6 Å². The lowest BCUT2D eigenvalue weighted by atomic mass is 10.6. The highest BCUT2D eigenvalue weighted by Crippen LogP contribution is 2.31. The molecule has 3 nitrogen and oxygen atoms in total. The van der Waals surface area contributed by atoms with Gasteiger partial charge in [-0.05, 0) is 6.72 Å². The van der Waals surface area contributed by atoms with Crippen molar-refractivity contribution >= 4 is 41.7 Å². The zero-order valence-electron chi connectivity index (χ0n) is 6.83. The molecule has 74 valence electrons. The topological polar surface area (TPSA) is 30.8 Å². The maximum absolute atomic E-state index is 5.80. The van der Waals surface area contributed by atoms with E-state index in [0.29, 0.717) is 23.3 Å². The Balaban J connectivity index is 2.71. The van der Waals surface area contributed by atoms with Crippen LogP contribution in [0.2, 0.25) is 0 Å². The van der Waals surface area contributed by atoms with Crippen molar-refractivity contribution in [1.82, 2.24) is 0 Å². The van der Waals surface area contributed by atoms with Gasteiger partial charge in [0, 0.05) is 0 Å². The van der Waals surface area contributed by atoms with Crippen LogP contribution in [0.4, 0.5) is 0 Å².